The highest BCUT2D eigenvalue weighted by atomic mass is 19.1. The first-order chi connectivity index (χ1) is 17.8. The fraction of sp³-hybridized carbons (Fsp3) is 0.250. The molecule has 14 heteroatoms. The van der Waals surface area contributed by atoms with Crippen LogP contribution in [0.5, 0.6) is 5.75 Å². The summed E-state index contributed by atoms with van der Waals surface area (Å²) in [6.45, 7) is 0.312. The Morgan fingerprint density at radius 1 is 1.16 bits per heavy atom. The zero-order valence-electron chi connectivity index (χ0n) is 20.6. The van der Waals surface area contributed by atoms with Gasteiger partial charge >= 0.3 is 0 Å². The van der Waals surface area contributed by atoms with Gasteiger partial charge in [-0.15, -0.1) is 0 Å². The van der Waals surface area contributed by atoms with Gasteiger partial charge in [-0.2, -0.15) is 0 Å². The van der Waals surface area contributed by atoms with Gasteiger partial charge in [-0.1, -0.05) is 11.3 Å². The van der Waals surface area contributed by atoms with Gasteiger partial charge in [0.2, 0.25) is 0 Å². The van der Waals surface area contributed by atoms with Crippen molar-refractivity contribution in [1.29, 1.82) is 0 Å². The number of ether oxygens (including phenoxy) is 1. The standard InChI is InChI=1S/C24H20B5FN4O4/c1-34(21-18(30)3-2-7-31-21)8-6-15-11-20(38-24(28,29)37)16(10-17(15)13-35)9-14-4-5-19(32-12-14)22(36)33-23(25,26)27/h2-5,7,10-13,37H,6,8-9H2,1H3,(H,33,36). The van der Waals surface area contributed by atoms with Crippen molar-refractivity contribution in [1.82, 2.24) is 15.3 Å². The lowest BCUT2D eigenvalue weighted by Crippen LogP contribution is -2.50. The summed E-state index contributed by atoms with van der Waals surface area (Å²) in [6.07, 6.45) is 4.05. The molecule has 8 nitrogen and oxygen atoms in total. The molecule has 0 saturated heterocycles. The van der Waals surface area contributed by atoms with E-state index in [0.29, 0.717) is 41.5 Å². The van der Waals surface area contributed by atoms with Crippen molar-refractivity contribution >= 4 is 57.2 Å². The third kappa shape index (κ3) is 8.24. The molecular weight excluding hydrogens is 481 g/mol. The summed E-state index contributed by atoms with van der Waals surface area (Å²) in [7, 11) is 28.7. The summed E-state index contributed by atoms with van der Waals surface area (Å²) in [5.74, 6) is -0.878. The molecule has 182 valence electrons. The van der Waals surface area contributed by atoms with Crippen molar-refractivity contribution in [3.8, 4) is 5.75 Å². The van der Waals surface area contributed by atoms with E-state index in [0.717, 1.165) is 0 Å². The number of nitrogens with zero attached hydrogens (tertiary/aromatic N) is 3. The maximum Gasteiger partial charge on any atom is 0.268 e. The number of carbonyl (C=O) groups excluding carboxylic acids is 2. The van der Waals surface area contributed by atoms with Crippen LogP contribution in [-0.2, 0) is 12.8 Å². The van der Waals surface area contributed by atoms with E-state index < -0.39 is 22.5 Å². The maximum absolute atomic E-state index is 14.1. The molecule has 3 rings (SSSR count). The first-order valence-electron chi connectivity index (χ1n) is 11.3. The highest BCUT2D eigenvalue weighted by Gasteiger charge is 2.20. The van der Waals surface area contributed by atoms with E-state index in [-0.39, 0.29) is 23.7 Å². The molecule has 1 amide bonds. The van der Waals surface area contributed by atoms with E-state index >= 15 is 0 Å². The Morgan fingerprint density at radius 2 is 1.89 bits per heavy atom. The fourth-order valence-electron chi connectivity index (χ4n) is 3.62. The van der Waals surface area contributed by atoms with Crippen LogP contribution in [0.1, 0.15) is 37.5 Å². The molecule has 0 fully saturated rings. The number of aldehydes is 1. The van der Waals surface area contributed by atoms with Crippen LogP contribution in [0.3, 0.4) is 0 Å². The van der Waals surface area contributed by atoms with Crippen LogP contribution >= 0.6 is 0 Å². The Bertz CT molecular complexity index is 1300. The normalized spacial score (nSPS) is 11.6. The molecule has 10 radical (unpaired) electrons. The molecule has 0 aliphatic heterocycles. The molecular formula is C24H20B5FN4O4. The average Bonchev–Trinajstić information content (AvgIpc) is 2.82. The Labute approximate surface area is 226 Å². The molecule has 0 atom stereocenters. The number of aromatic nitrogens is 2. The Hall–Kier alpha value is -3.53. The second kappa shape index (κ2) is 11.9. The van der Waals surface area contributed by atoms with Gasteiger partial charge < -0.3 is 20.1 Å². The quantitative estimate of drug-likeness (QED) is 0.214. The van der Waals surface area contributed by atoms with Gasteiger partial charge in [0.1, 0.15) is 23.3 Å². The summed E-state index contributed by atoms with van der Waals surface area (Å²) < 4.78 is 19.4. The molecule has 0 saturated carbocycles. The predicted octanol–water partition coefficient (Wildman–Crippen LogP) is -0.136. The predicted molar refractivity (Wildman–Crippen MR) is 145 cm³/mol. The summed E-state index contributed by atoms with van der Waals surface area (Å²) in [5.41, 5.74) is -0.510. The van der Waals surface area contributed by atoms with Crippen molar-refractivity contribution in [2.45, 2.75) is 23.7 Å². The molecule has 38 heavy (non-hydrogen) atoms. The van der Waals surface area contributed by atoms with Crippen molar-refractivity contribution in [2.24, 2.45) is 0 Å². The number of rotatable bonds is 11. The lowest BCUT2D eigenvalue weighted by atomic mass is 9.49. The van der Waals surface area contributed by atoms with Crippen molar-refractivity contribution in [3.05, 3.63) is 82.6 Å². The smallest absolute Gasteiger partial charge is 0.268 e. The number of halogens is 1. The van der Waals surface area contributed by atoms with E-state index in [9.17, 15) is 19.1 Å². The monoisotopic (exact) mass is 502 g/mol. The van der Waals surface area contributed by atoms with Crippen molar-refractivity contribution in [2.75, 3.05) is 18.5 Å². The van der Waals surface area contributed by atoms with Crippen LogP contribution in [0, 0.1) is 5.82 Å². The minimum Gasteiger partial charge on any atom is -0.481 e. The number of amides is 1. The van der Waals surface area contributed by atoms with Crippen LogP contribution in [0.4, 0.5) is 10.2 Å². The number of hydrogen-bond acceptors (Lipinski definition) is 7. The maximum atomic E-state index is 14.1. The number of likely N-dealkylation sites (N-methyl/N-ethyl adjacent to an activating group) is 1. The molecule has 0 bridgehead atoms. The van der Waals surface area contributed by atoms with E-state index in [1.165, 1.54) is 36.7 Å². The van der Waals surface area contributed by atoms with Crippen LogP contribution in [0.2, 0.25) is 0 Å². The highest BCUT2D eigenvalue weighted by molar-refractivity contribution is 6.60. The third-order valence-electron chi connectivity index (χ3n) is 5.32. The summed E-state index contributed by atoms with van der Waals surface area (Å²) in [4.78, 5) is 33.8. The number of anilines is 1. The first-order valence-corrected chi connectivity index (χ1v) is 11.3. The number of aliphatic hydroxyl groups is 1. The number of hydrogen-bond donors (Lipinski definition) is 2. The Balaban J connectivity index is 1.86. The van der Waals surface area contributed by atoms with E-state index in [1.54, 1.807) is 24.1 Å². The second-order valence-corrected chi connectivity index (χ2v) is 8.73. The van der Waals surface area contributed by atoms with Crippen LogP contribution in [0.25, 0.3) is 0 Å². The zero-order chi connectivity index (χ0) is 28.1. The molecule has 2 N–H and O–H groups in total. The van der Waals surface area contributed by atoms with Crippen LogP contribution < -0.4 is 15.0 Å². The SMILES string of the molecule is [B]C([B])([B])NC(=O)c1ccc(Cc2cc(C=O)c(CCN(C)c3ncccc3F)cc2OC([B])([B])O)cn1. The molecule has 1 aromatic carbocycles. The summed E-state index contributed by atoms with van der Waals surface area (Å²) in [5, 5.41) is 10.2. The number of nitrogens with one attached hydrogen (secondary N) is 1. The second-order valence-electron chi connectivity index (χ2n) is 8.73. The van der Waals surface area contributed by atoms with E-state index in [4.69, 9.17) is 44.0 Å². The average molecular weight is 502 g/mol. The van der Waals surface area contributed by atoms with Crippen molar-refractivity contribution < 1.29 is 23.8 Å². The fourth-order valence-corrected chi connectivity index (χ4v) is 3.62. The topological polar surface area (TPSA) is 105 Å². The summed E-state index contributed by atoms with van der Waals surface area (Å²) in [6, 6.07) is 8.93. The molecule has 0 spiro atoms. The van der Waals surface area contributed by atoms with Gasteiger partial charge in [0, 0.05) is 38.0 Å². The van der Waals surface area contributed by atoms with Gasteiger partial charge in [-0.25, -0.2) is 9.37 Å². The lowest BCUT2D eigenvalue weighted by molar-refractivity contribution is 0.0121. The summed E-state index contributed by atoms with van der Waals surface area (Å²) >= 11 is 0. The van der Waals surface area contributed by atoms with Crippen molar-refractivity contribution in [3.63, 3.8) is 0 Å². The van der Waals surface area contributed by atoms with Gasteiger partial charge in [-0.05, 0) is 53.4 Å². The molecule has 0 aliphatic carbocycles. The number of benzene rings is 1. The van der Waals surface area contributed by atoms with Gasteiger partial charge in [0.05, 0.1) is 23.5 Å². The van der Waals surface area contributed by atoms with Gasteiger partial charge in [0.15, 0.2) is 27.3 Å². The van der Waals surface area contributed by atoms with E-state index in [1.807, 2.05) is 0 Å². The highest BCUT2D eigenvalue weighted by Crippen LogP contribution is 2.28. The largest absolute Gasteiger partial charge is 0.481 e. The van der Waals surface area contributed by atoms with Crippen LogP contribution in [0.15, 0.2) is 48.8 Å². The van der Waals surface area contributed by atoms with Gasteiger partial charge in [0.25, 0.3) is 5.91 Å². The minimum absolute atomic E-state index is 0.0200. The number of pyridine rings is 2. The molecule has 0 aliphatic rings. The molecule has 2 aromatic heterocycles. The Morgan fingerprint density at radius 3 is 2.47 bits per heavy atom. The third-order valence-corrected chi connectivity index (χ3v) is 5.32. The molecule has 3 aromatic rings. The lowest BCUT2D eigenvalue weighted by Gasteiger charge is -2.25. The minimum atomic E-state index is -2.50. The molecule has 0 unspecified atom stereocenters. The first kappa shape index (κ1) is 29.0. The van der Waals surface area contributed by atoms with E-state index in [2.05, 4.69) is 15.3 Å². The van der Waals surface area contributed by atoms with Crippen LogP contribution in [-0.4, -0.2) is 90.9 Å². The Kier molecular flexibility index (Phi) is 9.09. The molecule has 2 heterocycles. The number of carbonyl (C=O) groups is 2. The van der Waals surface area contributed by atoms with Gasteiger partial charge in [-0.3, -0.25) is 14.6 Å². The zero-order valence-corrected chi connectivity index (χ0v) is 20.6.